The molecule has 0 saturated heterocycles. The van der Waals surface area contributed by atoms with Crippen LogP contribution in [-0.2, 0) is 6.42 Å². The van der Waals surface area contributed by atoms with Crippen molar-refractivity contribution in [2.75, 3.05) is 19.8 Å². The van der Waals surface area contributed by atoms with E-state index in [1.807, 2.05) is 30.5 Å². The summed E-state index contributed by atoms with van der Waals surface area (Å²) in [6, 6.07) is 15.8. The van der Waals surface area contributed by atoms with Gasteiger partial charge in [0.15, 0.2) is 11.5 Å². The Balaban J connectivity index is 1.45. The molecule has 3 aromatic carbocycles. The predicted octanol–water partition coefficient (Wildman–Crippen LogP) is 4.39. The first-order valence-electron chi connectivity index (χ1n) is 11.2. The molecule has 4 aromatic rings. The number of para-hydroxylation sites is 1. The van der Waals surface area contributed by atoms with Crippen LogP contribution in [0, 0.1) is 12.7 Å². The third kappa shape index (κ3) is 4.22. The fourth-order valence-electron chi connectivity index (χ4n) is 4.25. The number of carbonyl (C=O) groups is 1. The molecule has 0 spiro atoms. The van der Waals surface area contributed by atoms with Crippen molar-refractivity contribution in [2.24, 2.45) is 0 Å². The molecule has 0 fully saturated rings. The van der Waals surface area contributed by atoms with E-state index in [0.29, 0.717) is 47.8 Å². The number of aromatic nitrogens is 1. The Morgan fingerprint density at radius 1 is 1.12 bits per heavy atom. The molecule has 1 amide bonds. The van der Waals surface area contributed by atoms with Gasteiger partial charge >= 0.3 is 0 Å². The first-order valence-corrected chi connectivity index (χ1v) is 11.2. The van der Waals surface area contributed by atoms with Crippen molar-refractivity contribution in [2.45, 2.75) is 19.4 Å². The van der Waals surface area contributed by atoms with E-state index in [1.54, 1.807) is 31.2 Å². The van der Waals surface area contributed by atoms with Gasteiger partial charge in [-0.25, -0.2) is 4.39 Å². The number of hydrogen-bond donors (Lipinski definition) is 3. The molecule has 1 aromatic heterocycles. The summed E-state index contributed by atoms with van der Waals surface area (Å²) in [6.07, 6.45) is 2.35. The number of aryl methyl sites for hydroxylation is 1. The second-order valence-corrected chi connectivity index (χ2v) is 8.43. The SMILES string of the molecule is Cc1ccc(-c2cc3c(c(C(=O)N[C@@H](CO)Cc4c[nH]c5ccccc45)c2)OCCO3)cc1F. The summed E-state index contributed by atoms with van der Waals surface area (Å²) < 4.78 is 25.7. The molecule has 174 valence electrons. The molecule has 7 heteroatoms. The van der Waals surface area contributed by atoms with E-state index in [0.717, 1.165) is 16.5 Å². The minimum absolute atomic E-state index is 0.229. The van der Waals surface area contributed by atoms with Crippen LogP contribution >= 0.6 is 0 Å². The highest BCUT2D eigenvalue weighted by molar-refractivity contribution is 5.99. The molecule has 34 heavy (non-hydrogen) atoms. The smallest absolute Gasteiger partial charge is 0.255 e. The number of amides is 1. The van der Waals surface area contributed by atoms with Gasteiger partial charge in [0, 0.05) is 17.1 Å². The predicted molar refractivity (Wildman–Crippen MR) is 128 cm³/mol. The fraction of sp³-hybridized carbons (Fsp3) is 0.222. The van der Waals surface area contributed by atoms with Crippen LogP contribution in [0.5, 0.6) is 11.5 Å². The van der Waals surface area contributed by atoms with E-state index in [1.165, 1.54) is 6.07 Å². The van der Waals surface area contributed by atoms with Crippen LogP contribution in [0.25, 0.3) is 22.0 Å². The lowest BCUT2D eigenvalue weighted by Crippen LogP contribution is -2.39. The summed E-state index contributed by atoms with van der Waals surface area (Å²) in [4.78, 5) is 16.6. The molecule has 3 N–H and O–H groups in total. The quantitative estimate of drug-likeness (QED) is 0.399. The summed E-state index contributed by atoms with van der Waals surface area (Å²) in [5.41, 5.74) is 4.10. The van der Waals surface area contributed by atoms with Crippen molar-refractivity contribution in [3.05, 3.63) is 83.3 Å². The average Bonchev–Trinajstić information content (AvgIpc) is 3.27. The van der Waals surface area contributed by atoms with E-state index < -0.39 is 11.9 Å². The van der Waals surface area contributed by atoms with Crippen LogP contribution in [-0.4, -0.2) is 41.9 Å². The number of benzene rings is 3. The van der Waals surface area contributed by atoms with Crippen molar-refractivity contribution in [3.8, 4) is 22.6 Å². The minimum atomic E-state index is -0.507. The van der Waals surface area contributed by atoms with E-state index in [-0.39, 0.29) is 18.0 Å². The van der Waals surface area contributed by atoms with Crippen LogP contribution in [0.4, 0.5) is 4.39 Å². The second kappa shape index (κ2) is 9.19. The molecular formula is C27H25FN2O4. The standard InChI is InChI=1S/C27H25FN2O4/c1-16-6-7-17(12-23(16)28)18-11-22(26-25(13-18)33-8-9-34-26)27(32)30-20(15-31)10-19-14-29-24-5-3-2-4-21(19)24/h2-7,11-14,20,29,31H,8-10,15H2,1H3,(H,30,32)/t20-/m1/s1. The molecule has 0 saturated carbocycles. The van der Waals surface area contributed by atoms with Crippen molar-refractivity contribution < 1.29 is 23.8 Å². The normalized spacial score (nSPS) is 13.6. The van der Waals surface area contributed by atoms with Gasteiger partial charge < -0.3 is 24.9 Å². The van der Waals surface area contributed by atoms with E-state index in [4.69, 9.17) is 9.47 Å². The topological polar surface area (TPSA) is 83.6 Å². The maximum absolute atomic E-state index is 14.2. The van der Waals surface area contributed by atoms with Crippen molar-refractivity contribution in [3.63, 3.8) is 0 Å². The Morgan fingerprint density at radius 3 is 2.76 bits per heavy atom. The molecule has 1 atom stereocenters. The number of aromatic amines is 1. The maximum atomic E-state index is 14.2. The summed E-state index contributed by atoms with van der Waals surface area (Å²) in [5.74, 6) is 0.0727. The highest BCUT2D eigenvalue weighted by atomic mass is 19.1. The molecule has 1 aliphatic heterocycles. The third-order valence-corrected chi connectivity index (χ3v) is 6.09. The van der Waals surface area contributed by atoms with Crippen LogP contribution in [0.1, 0.15) is 21.5 Å². The van der Waals surface area contributed by atoms with Gasteiger partial charge in [0.2, 0.25) is 0 Å². The minimum Gasteiger partial charge on any atom is -0.486 e. The van der Waals surface area contributed by atoms with Crippen molar-refractivity contribution >= 4 is 16.8 Å². The van der Waals surface area contributed by atoms with Crippen LogP contribution in [0.2, 0.25) is 0 Å². The summed E-state index contributed by atoms with van der Waals surface area (Å²) >= 11 is 0. The molecule has 0 aliphatic carbocycles. The van der Waals surface area contributed by atoms with E-state index in [9.17, 15) is 14.3 Å². The average molecular weight is 461 g/mol. The zero-order valence-corrected chi connectivity index (χ0v) is 18.7. The van der Waals surface area contributed by atoms with Gasteiger partial charge in [-0.05, 0) is 59.9 Å². The Morgan fingerprint density at radius 2 is 1.94 bits per heavy atom. The zero-order chi connectivity index (χ0) is 23.7. The Bertz CT molecular complexity index is 1360. The monoisotopic (exact) mass is 460 g/mol. The van der Waals surface area contributed by atoms with Crippen LogP contribution in [0.3, 0.4) is 0 Å². The number of aliphatic hydroxyl groups excluding tert-OH is 1. The Hall–Kier alpha value is -3.84. The summed E-state index contributed by atoms with van der Waals surface area (Å²) in [7, 11) is 0. The number of ether oxygens (including phenoxy) is 2. The molecule has 0 unspecified atom stereocenters. The largest absolute Gasteiger partial charge is 0.486 e. The summed E-state index contributed by atoms with van der Waals surface area (Å²) in [6.45, 7) is 2.16. The first-order chi connectivity index (χ1) is 16.5. The molecule has 5 rings (SSSR count). The summed E-state index contributed by atoms with van der Waals surface area (Å²) in [5, 5.41) is 14.0. The lowest BCUT2D eigenvalue weighted by atomic mass is 9.99. The Labute approximate surface area is 196 Å². The number of aliphatic hydroxyl groups is 1. The van der Waals surface area contributed by atoms with Crippen LogP contribution in [0.15, 0.2) is 60.8 Å². The van der Waals surface area contributed by atoms with Crippen molar-refractivity contribution in [1.29, 1.82) is 0 Å². The van der Waals surface area contributed by atoms with Gasteiger partial charge in [-0.15, -0.1) is 0 Å². The lowest BCUT2D eigenvalue weighted by molar-refractivity contribution is 0.0906. The zero-order valence-electron chi connectivity index (χ0n) is 18.7. The highest BCUT2D eigenvalue weighted by Crippen LogP contribution is 2.39. The van der Waals surface area contributed by atoms with E-state index in [2.05, 4.69) is 10.3 Å². The van der Waals surface area contributed by atoms with Gasteiger partial charge in [-0.1, -0.05) is 30.3 Å². The molecular weight excluding hydrogens is 435 g/mol. The molecule has 0 bridgehead atoms. The van der Waals surface area contributed by atoms with E-state index >= 15 is 0 Å². The molecule has 1 aliphatic rings. The van der Waals surface area contributed by atoms with Gasteiger partial charge in [-0.2, -0.15) is 0 Å². The van der Waals surface area contributed by atoms with Gasteiger partial charge in [-0.3, -0.25) is 4.79 Å². The molecule has 6 nitrogen and oxygen atoms in total. The fourth-order valence-corrected chi connectivity index (χ4v) is 4.25. The maximum Gasteiger partial charge on any atom is 0.255 e. The van der Waals surface area contributed by atoms with Crippen LogP contribution < -0.4 is 14.8 Å². The number of carbonyl (C=O) groups excluding carboxylic acids is 1. The lowest BCUT2D eigenvalue weighted by Gasteiger charge is -2.23. The number of fused-ring (bicyclic) bond motifs is 2. The number of rotatable bonds is 6. The first kappa shape index (κ1) is 22.0. The van der Waals surface area contributed by atoms with Crippen molar-refractivity contribution in [1.82, 2.24) is 10.3 Å². The Kier molecular flexibility index (Phi) is 5.94. The number of hydrogen-bond acceptors (Lipinski definition) is 4. The molecule has 2 heterocycles. The number of halogens is 1. The highest BCUT2D eigenvalue weighted by Gasteiger charge is 2.25. The molecule has 0 radical (unpaired) electrons. The second-order valence-electron chi connectivity index (χ2n) is 8.43. The van der Waals surface area contributed by atoms with Gasteiger partial charge in [0.1, 0.15) is 19.0 Å². The van der Waals surface area contributed by atoms with Gasteiger partial charge in [0.05, 0.1) is 18.2 Å². The van der Waals surface area contributed by atoms with Gasteiger partial charge in [0.25, 0.3) is 5.91 Å². The third-order valence-electron chi connectivity index (χ3n) is 6.09. The number of nitrogens with one attached hydrogen (secondary N) is 2. The number of H-pyrrole nitrogens is 1.